The number of benzene rings is 1. The standard InChI is InChI=1S/C19H24N4O4/c1-2-26-16-7-4-3-6-15(16)23-11-9-22(10-12-23)14-18(24)20-21-19(25)17-8-5-13-27-17/h3-8,13H,2,9-12,14H2,1H3,(H,20,24)(H,21,25). The minimum atomic E-state index is -0.481. The average Bonchev–Trinajstić information content (AvgIpc) is 3.22. The molecule has 0 saturated carbocycles. The molecule has 1 aliphatic rings. The van der Waals surface area contributed by atoms with Gasteiger partial charge in [-0.2, -0.15) is 0 Å². The monoisotopic (exact) mass is 372 g/mol. The Morgan fingerprint density at radius 1 is 1.07 bits per heavy atom. The lowest BCUT2D eigenvalue weighted by atomic mass is 10.2. The summed E-state index contributed by atoms with van der Waals surface area (Å²) >= 11 is 0. The average molecular weight is 372 g/mol. The number of rotatable bonds is 6. The van der Waals surface area contributed by atoms with Crippen LogP contribution in [0.3, 0.4) is 0 Å². The van der Waals surface area contributed by atoms with Crippen molar-refractivity contribution in [2.75, 3.05) is 44.2 Å². The van der Waals surface area contributed by atoms with Gasteiger partial charge in [-0.15, -0.1) is 0 Å². The number of para-hydroxylation sites is 2. The predicted molar refractivity (Wildman–Crippen MR) is 101 cm³/mol. The van der Waals surface area contributed by atoms with E-state index in [4.69, 9.17) is 9.15 Å². The molecule has 8 heteroatoms. The summed E-state index contributed by atoms with van der Waals surface area (Å²) in [4.78, 5) is 28.1. The van der Waals surface area contributed by atoms with E-state index >= 15 is 0 Å². The van der Waals surface area contributed by atoms with Crippen molar-refractivity contribution in [2.45, 2.75) is 6.92 Å². The zero-order valence-electron chi connectivity index (χ0n) is 15.3. The van der Waals surface area contributed by atoms with Gasteiger partial charge < -0.3 is 14.1 Å². The summed E-state index contributed by atoms with van der Waals surface area (Å²) in [6, 6.07) is 11.1. The predicted octanol–water partition coefficient (Wildman–Crippen LogP) is 1.26. The van der Waals surface area contributed by atoms with E-state index < -0.39 is 5.91 Å². The number of nitrogens with one attached hydrogen (secondary N) is 2. The van der Waals surface area contributed by atoms with Gasteiger partial charge in [-0.1, -0.05) is 12.1 Å². The van der Waals surface area contributed by atoms with Crippen LogP contribution in [-0.2, 0) is 4.79 Å². The van der Waals surface area contributed by atoms with Crippen molar-refractivity contribution in [3.05, 3.63) is 48.4 Å². The summed E-state index contributed by atoms with van der Waals surface area (Å²) < 4.78 is 10.7. The molecule has 27 heavy (non-hydrogen) atoms. The smallest absolute Gasteiger partial charge is 0.305 e. The highest BCUT2D eigenvalue weighted by atomic mass is 16.5. The van der Waals surface area contributed by atoms with Crippen LogP contribution in [0.5, 0.6) is 5.75 Å². The molecule has 1 aliphatic heterocycles. The van der Waals surface area contributed by atoms with Gasteiger partial charge in [0.15, 0.2) is 5.76 Å². The Labute approximate surface area is 158 Å². The summed E-state index contributed by atoms with van der Waals surface area (Å²) in [5.41, 5.74) is 5.84. The molecule has 144 valence electrons. The van der Waals surface area contributed by atoms with E-state index in [9.17, 15) is 9.59 Å². The third kappa shape index (κ3) is 5.01. The van der Waals surface area contributed by atoms with Gasteiger partial charge in [0, 0.05) is 26.2 Å². The molecule has 0 aliphatic carbocycles. The molecule has 3 rings (SSSR count). The Balaban J connectivity index is 1.44. The van der Waals surface area contributed by atoms with Crippen molar-refractivity contribution in [2.24, 2.45) is 0 Å². The first-order chi connectivity index (χ1) is 13.2. The van der Waals surface area contributed by atoms with E-state index in [1.54, 1.807) is 6.07 Å². The summed E-state index contributed by atoms with van der Waals surface area (Å²) in [6.07, 6.45) is 1.40. The normalized spacial score (nSPS) is 14.6. The maximum Gasteiger partial charge on any atom is 0.305 e. The quantitative estimate of drug-likeness (QED) is 0.743. The van der Waals surface area contributed by atoms with Gasteiger partial charge in [-0.05, 0) is 31.2 Å². The largest absolute Gasteiger partial charge is 0.492 e. The number of anilines is 1. The number of nitrogens with zero attached hydrogens (tertiary/aromatic N) is 2. The first kappa shape index (κ1) is 18.8. The molecular weight excluding hydrogens is 348 g/mol. The fourth-order valence-electron chi connectivity index (χ4n) is 2.98. The molecule has 1 fully saturated rings. The highest BCUT2D eigenvalue weighted by Crippen LogP contribution is 2.28. The molecule has 2 N–H and O–H groups in total. The lowest BCUT2D eigenvalue weighted by Gasteiger charge is -2.36. The van der Waals surface area contributed by atoms with Gasteiger partial charge in [0.05, 0.1) is 25.1 Å². The number of carbonyl (C=O) groups is 2. The Hall–Kier alpha value is -3.00. The summed E-state index contributed by atoms with van der Waals surface area (Å²) in [5.74, 6) is 0.285. The van der Waals surface area contributed by atoms with Crippen LogP contribution < -0.4 is 20.5 Å². The summed E-state index contributed by atoms with van der Waals surface area (Å²) in [5, 5.41) is 0. The van der Waals surface area contributed by atoms with Gasteiger partial charge in [-0.25, -0.2) is 0 Å². The highest BCUT2D eigenvalue weighted by molar-refractivity contribution is 5.93. The second kappa shape index (κ2) is 9.09. The number of hydrogen-bond acceptors (Lipinski definition) is 6. The molecule has 0 unspecified atom stereocenters. The zero-order valence-corrected chi connectivity index (χ0v) is 15.3. The molecule has 1 aromatic heterocycles. The highest BCUT2D eigenvalue weighted by Gasteiger charge is 2.21. The van der Waals surface area contributed by atoms with Crippen molar-refractivity contribution in [3.63, 3.8) is 0 Å². The molecule has 0 atom stereocenters. The molecule has 8 nitrogen and oxygen atoms in total. The molecule has 2 heterocycles. The molecule has 2 amide bonds. The molecule has 1 saturated heterocycles. The van der Waals surface area contributed by atoms with Crippen LogP contribution in [0.15, 0.2) is 47.1 Å². The van der Waals surface area contributed by atoms with Crippen molar-refractivity contribution in [1.82, 2.24) is 15.8 Å². The molecule has 0 bridgehead atoms. The maximum atomic E-state index is 12.0. The third-order valence-electron chi connectivity index (χ3n) is 4.31. The van der Waals surface area contributed by atoms with E-state index in [1.807, 2.05) is 30.0 Å². The van der Waals surface area contributed by atoms with Gasteiger partial charge >= 0.3 is 5.91 Å². The van der Waals surface area contributed by atoms with Gasteiger partial charge in [0.25, 0.3) is 5.91 Å². The minimum Gasteiger partial charge on any atom is -0.492 e. The number of ether oxygens (including phenoxy) is 1. The number of furan rings is 1. The van der Waals surface area contributed by atoms with Crippen LogP contribution in [0.4, 0.5) is 5.69 Å². The molecule has 0 radical (unpaired) electrons. The summed E-state index contributed by atoms with van der Waals surface area (Å²) in [7, 11) is 0. The summed E-state index contributed by atoms with van der Waals surface area (Å²) in [6.45, 7) is 5.92. The topological polar surface area (TPSA) is 87.0 Å². The Kier molecular flexibility index (Phi) is 6.32. The van der Waals surface area contributed by atoms with Crippen LogP contribution in [-0.4, -0.2) is 56.0 Å². The molecule has 1 aromatic carbocycles. The van der Waals surface area contributed by atoms with E-state index in [0.29, 0.717) is 6.61 Å². The van der Waals surface area contributed by atoms with Crippen LogP contribution >= 0.6 is 0 Å². The fraction of sp³-hybridized carbons (Fsp3) is 0.368. The lowest BCUT2D eigenvalue weighted by Crippen LogP contribution is -2.52. The molecular formula is C19H24N4O4. The Bertz CT molecular complexity index is 755. The number of carbonyl (C=O) groups excluding carboxylic acids is 2. The van der Waals surface area contributed by atoms with E-state index in [-0.39, 0.29) is 18.2 Å². The maximum absolute atomic E-state index is 12.0. The molecule has 2 aromatic rings. The van der Waals surface area contributed by atoms with E-state index in [2.05, 4.69) is 21.8 Å². The van der Waals surface area contributed by atoms with Crippen molar-refractivity contribution in [3.8, 4) is 5.75 Å². The van der Waals surface area contributed by atoms with Gasteiger partial charge in [-0.3, -0.25) is 25.3 Å². The Morgan fingerprint density at radius 2 is 1.85 bits per heavy atom. The van der Waals surface area contributed by atoms with Crippen LogP contribution in [0, 0.1) is 0 Å². The lowest BCUT2D eigenvalue weighted by molar-refractivity contribution is -0.123. The van der Waals surface area contributed by atoms with Gasteiger partial charge in [0.2, 0.25) is 0 Å². The van der Waals surface area contributed by atoms with Gasteiger partial charge in [0.1, 0.15) is 5.75 Å². The fourth-order valence-corrected chi connectivity index (χ4v) is 2.98. The van der Waals surface area contributed by atoms with Crippen LogP contribution in [0.2, 0.25) is 0 Å². The number of hydrazine groups is 1. The third-order valence-corrected chi connectivity index (χ3v) is 4.31. The number of hydrogen-bond donors (Lipinski definition) is 2. The van der Waals surface area contributed by atoms with E-state index in [1.165, 1.54) is 12.3 Å². The first-order valence-corrected chi connectivity index (χ1v) is 8.99. The van der Waals surface area contributed by atoms with Crippen LogP contribution in [0.1, 0.15) is 17.5 Å². The second-order valence-corrected chi connectivity index (χ2v) is 6.14. The van der Waals surface area contributed by atoms with Crippen molar-refractivity contribution in [1.29, 1.82) is 0 Å². The number of piperazine rings is 1. The Morgan fingerprint density at radius 3 is 2.56 bits per heavy atom. The van der Waals surface area contributed by atoms with Crippen molar-refractivity contribution < 1.29 is 18.7 Å². The molecule has 0 spiro atoms. The first-order valence-electron chi connectivity index (χ1n) is 8.99. The van der Waals surface area contributed by atoms with E-state index in [0.717, 1.165) is 37.6 Å². The number of amides is 2. The SMILES string of the molecule is CCOc1ccccc1N1CCN(CC(=O)NNC(=O)c2ccco2)CC1. The zero-order chi connectivity index (χ0) is 19.1. The van der Waals surface area contributed by atoms with Crippen molar-refractivity contribution >= 4 is 17.5 Å². The minimum absolute atomic E-state index is 0.150. The van der Waals surface area contributed by atoms with Crippen LogP contribution in [0.25, 0.3) is 0 Å². The second-order valence-electron chi connectivity index (χ2n) is 6.14.